The summed E-state index contributed by atoms with van der Waals surface area (Å²) < 4.78 is 0. The van der Waals surface area contributed by atoms with E-state index in [4.69, 9.17) is 0 Å². The molecule has 5 heteroatoms. The number of nitrogens with one attached hydrogen (secondary N) is 1. The molecule has 0 radical (unpaired) electrons. The number of carbonyl (C=O) groups excluding carboxylic acids is 2. The van der Waals surface area contributed by atoms with Gasteiger partial charge in [0.2, 0.25) is 5.91 Å². The van der Waals surface area contributed by atoms with Gasteiger partial charge in [0, 0.05) is 17.8 Å². The molecule has 31 heavy (non-hydrogen) atoms. The lowest BCUT2D eigenvalue weighted by atomic mass is 10.1. The Hall–Kier alpha value is -3.05. The van der Waals surface area contributed by atoms with E-state index in [0.29, 0.717) is 17.9 Å². The summed E-state index contributed by atoms with van der Waals surface area (Å²) in [5.41, 5.74) is 4.85. The number of thioether (sulfide) groups is 1. The number of anilines is 1. The second kappa shape index (κ2) is 9.84. The minimum atomic E-state index is -0.122. The van der Waals surface area contributed by atoms with Crippen molar-refractivity contribution in [2.75, 3.05) is 17.6 Å². The van der Waals surface area contributed by atoms with Gasteiger partial charge in [-0.2, -0.15) is 0 Å². The quantitative estimate of drug-likeness (QED) is 0.552. The monoisotopic (exact) mass is 430 g/mol. The average molecular weight is 431 g/mol. The lowest BCUT2D eigenvalue weighted by Gasteiger charge is -2.24. The zero-order valence-corrected chi connectivity index (χ0v) is 18.4. The summed E-state index contributed by atoms with van der Waals surface area (Å²) in [5.74, 6) is 0.544. The lowest BCUT2D eigenvalue weighted by Crippen LogP contribution is -2.30. The zero-order valence-electron chi connectivity index (χ0n) is 17.6. The molecule has 0 spiro atoms. The molecule has 1 atom stereocenters. The molecule has 0 aliphatic carbocycles. The topological polar surface area (TPSA) is 49.4 Å². The molecule has 1 fully saturated rings. The first-order chi connectivity index (χ1) is 15.2. The zero-order chi connectivity index (χ0) is 21.6. The molecule has 1 aliphatic heterocycles. The summed E-state index contributed by atoms with van der Waals surface area (Å²) in [6.07, 6.45) is 1.70. The molecule has 0 bridgehead atoms. The molecule has 3 aromatic rings. The van der Waals surface area contributed by atoms with Crippen LogP contribution in [0.5, 0.6) is 0 Å². The Morgan fingerprint density at radius 1 is 1.00 bits per heavy atom. The minimum Gasteiger partial charge on any atom is -0.326 e. The van der Waals surface area contributed by atoms with Crippen LogP contribution in [0.4, 0.5) is 5.69 Å². The van der Waals surface area contributed by atoms with Gasteiger partial charge in [-0.15, -0.1) is 11.8 Å². The van der Waals surface area contributed by atoms with Crippen molar-refractivity contribution >= 4 is 29.3 Å². The standard InChI is InChI=1S/C26H26N2O2S/c1-2-20-10-6-7-11-23(20)27-25(30)21-12-14-22(15-13-21)26-28(24(29)18-31-26)17-16-19-8-4-3-5-9-19/h3-15,26H,2,16-18H2,1H3,(H,27,30)/t26-/m0/s1. The third-order valence-corrected chi connectivity index (χ3v) is 6.81. The molecule has 0 aromatic heterocycles. The van der Waals surface area contributed by atoms with Crippen LogP contribution in [0.1, 0.15) is 39.3 Å². The van der Waals surface area contributed by atoms with Crippen LogP contribution < -0.4 is 5.32 Å². The number of amides is 2. The Kier molecular flexibility index (Phi) is 6.73. The van der Waals surface area contributed by atoms with E-state index in [0.717, 1.165) is 29.7 Å². The molecule has 1 heterocycles. The molecule has 4 rings (SSSR count). The van der Waals surface area contributed by atoms with E-state index in [2.05, 4.69) is 24.4 Å². The summed E-state index contributed by atoms with van der Waals surface area (Å²) in [6, 6.07) is 25.7. The number of para-hydroxylation sites is 1. The molecular formula is C26H26N2O2S. The van der Waals surface area contributed by atoms with Gasteiger partial charge in [-0.05, 0) is 47.7 Å². The number of benzene rings is 3. The van der Waals surface area contributed by atoms with Gasteiger partial charge < -0.3 is 10.2 Å². The fourth-order valence-electron chi connectivity index (χ4n) is 3.81. The summed E-state index contributed by atoms with van der Waals surface area (Å²) in [6.45, 7) is 2.76. The summed E-state index contributed by atoms with van der Waals surface area (Å²) in [7, 11) is 0. The van der Waals surface area contributed by atoms with Crippen LogP contribution >= 0.6 is 11.8 Å². The van der Waals surface area contributed by atoms with Crippen molar-refractivity contribution in [3.63, 3.8) is 0 Å². The van der Waals surface area contributed by atoms with Gasteiger partial charge in [0.1, 0.15) is 5.37 Å². The molecule has 1 aliphatic rings. The molecule has 1 N–H and O–H groups in total. The van der Waals surface area contributed by atoms with E-state index in [-0.39, 0.29) is 17.2 Å². The number of aryl methyl sites for hydroxylation is 1. The van der Waals surface area contributed by atoms with Gasteiger partial charge >= 0.3 is 0 Å². The van der Waals surface area contributed by atoms with Gasteiger partial charge in [0.25, 0.3) is 5.91 Å². The van der Waals surface area contributed by atoms with Crippen LogP contribution in [0.3, 0.4) is 0 Å². The lowest BCUT2D eigenvalue weighted by molar-refractivity contribution is -0.128. The van der Waals surface area contributed by atoms with Crippen LogP contribution in [0.25, 0.3) is 0 Å². The normalized spacial score (nSPS) is 15.8. The van der Waals surface area contributed by atoms with Crippen molar-refractivity contribution in [1.82, 2.24) is 4.90 Å². The van der Waals surface area contributed by atoms with Crippen LogP contribution in [0, 0.1) is 0 Å². The number of hydrogen-bond acceptors (Lipinski definition) is 3. The second-order valence-electron chi connectivity index (χ2n) is 7.57. The molecule has 3 aromatic carbocycles. The number of carbonyl (C=O) groups is 2. The van der Waals surface area contributed by atoms with E-state index in [1.54, 1.807) is 11.8 Å². The SMILES string of the molecule is CCc1ccccc1NC(=O)c1ccc([C@@H]2SCC(=O)N2CCc2ccccc2)cc1. The third-order valence-electron chi connectivity index (χ3n) is 5.56. The summed E-state index contributed by atoms with van der Waals surface area (Å²) in [4.78, 5) is 27.1. The Balaban J connectivity index is 1.44. The van der Waals surface area contributed by atoms with E-state index in [1.165, 1.54) is 5.56 Å². The smallest absolute Gasteiger partial charge is 0.255 e. The van der Waals surface area contributed by atoms with E-state index >= 15 is 0 Å². The Morgan fingerprint density at radius 3 is 2.45 bits per heavy atom. The van der Waals surface area contributed by atoms with Crippen molar-refractivity contribution in [1.29, 1.82) is 0 Å². The highest BCUT2D eigenvalue weighted by Gasteiger charge is 2.32. The highest BCUT2D eigenvalue weighted by molar-refractivity contribution is 8.00. The average Bonchev–Trinajstić information content (AvgIpc) is 3.19. The van der Waals surface area contributed by atoms with Crippen molar-refractivity contribution in [3.05, 3.63) is 101 Å². The van der Waals surface area contributed by atoms with Crippen molar-refractivity contribution in [2.45, 2.75) is 25.1 Å². The molecular weight excluding hydrogens is 404 g/mol. The maximum Gasteiger partial charge on any atom is 0.255 e. The largest absolute Gasteiger partial charge is 0.326 e. The Labute approximate surface area is 187 Å². The molecule has 0 unspecified atom stereocenters. The first-order valence-electron chi connectivity index (χ1n) is 10.6. The Bertz CT molecular complexity index is 1050. The van der Waals surface area contributed by atoms with Gasteiger partial charge in [-0.3, -0.25) is 9.59 Å². The van der Waals surface area contributed by atoms with Crippen LogP contribution in [-0.4, -0.2) is 29.0 Å². The third kappa shape index (κ3) is 5.00. The highest BCUT2D eigenvalue weighted by atomic mass is 32.2. The molecule has 4 nitrogen and oxygen atoms in total. The first-order valence-corrected chi connectivity index (χ1v) is 11.6. The summed E-state index contributed by atoms with van der Waals surface area (Å²) in [5, 5.41) is 3.01. The second-order valence-corrected chi connectivity index (χ2v) is 8.64. The molecule has 158 valence electrons. The van der Waals surface area contributed by atoms with Gasteiger partial charge in [0.15, 0.2) is 0 Å². The minimum absolute atomic E-state index is 0.00543. The van der Waals surface area contributed by atoms with Crippen LogP contribution in [-0.2, 0) is 17.6 Å². The predicted octanol–water partition coefficient (Wildman–Crippen LogP) is 5.32. The van der Waals surface area contributed by atoms with Gasteiger partial charge in [0.05, 0.1) is 5.75 Å². The molecule has 2 amide bonds. The fraction of sp³-hybridized carbons (Fsp3) is 0.231. The van der Waals surface area contributed by atoms with Crippen LogP contribution in [0.2, 0.25) is 0 Å². The Morgan fingerprint density at radius 2 is 1.71 bits per heavy atom. The van der Waals surface area contributed by atoms with Crippen molar-refractivity contribution in [3.8, 4) is 0 Å². The maximum absolute atomic E-state index is 12.7. The van der Waals surface area contributed by atoms with Gasteiger partial charge in [-0.1, -0.05) is 67.6 Å². The number of hydrogen-bond donors (Lipinski definition) is 1. The molecule has 1 saturated heterocycles. The molecule has 0 saturated carbocycles. The van der Waals surface area contributed by atoms with Crippen molar-refractivity contribution < 1.29 is 9.59 Å². The number of rotatable bonds is 7. The highest BCUT2D eigenvalue weighted by Crippen LogP contribution is 2.38. The first kappa shape index (κ1) is 21.2. The predicted molar refractivity (Wildman–Crippen MR) is 127 cm³/mol. The van der Waals surface area contributed by atoms with Crippen LogP contribution in [0.15, 0.2) is 78.9 Å². The maximum atomic E-state index is 12.7. The van der Waals surface area contributed by atoms with Crippen molar-refractivity contribution in [2.24, 2.45) is 0 Å². The van der Waals surface area contributed by atoms with E-state index < -0.39 is 0 Å². The fourth-order valence-corrected chi connectivity index (χ4v) is 5.03. The summed E-state index contributed by atoms with van der Waals surface area (Å²) >= 11 is 1.64. The van der Waals surface area contributed by atoms with E-state index in [1.807, 2.05) is 71.6 Å². The van der Waals surface area contributed by atoms with E-state index in [9.17, 15) is 9.59 Å². The number of nitrogens with zero attached hydrogens (tertiary/aromatic N) is 1. The van der Waals surface area contributed by atoms with Gasteiger partial charge in [-0.25, -0.2) is 0 Å².